The highest BCUT2D eigenvalue weighted by molar-refractivity contribution is 4.82. The van der Waals surface area contributed by atoms with Crippen LogP contribution < -0.4 is 5.73 Å². The van der Waals surface area contributed by atoms with Crippen LogP contribution in [-0.4, -0.2) is 13.2 Å². The summed E-state index contributed by atoms with van der Waals surface area (Å²) in [5.41, 5.74) is 5.13. The first kappa shape index (κ1) is 11.3. The third-order valence-electron chi connectivity index (χ3n) is 0.576. The first-order chi connectivity index (χ1) is 4.31. The summed E-state index contributed by atoms with van der Waals surface area (Å²) >= 11 is 0. The largest absolute Gasteiger partial charge is 0.497 e. The van der Waals surface area contributed by atoms with E-state index in [0.29, 0.717) is 18.9 Å². The van der Waals surface area contributed by atoms with E-state index in [1.54, 1.807) is 0 Å². The van der Waals surface area contributed by atoms with Crippen molar-refractivity contribution < 1.29 is 6.16 Å². The van der Waals surface area contributed by atoms with Crippen LogP contribution >= 0.6 is 0 Å². The molecule has 0 amide bonds. The van der Waals surface area contributed by atoms with Gasteiger partial charge < -0.3 is 10.5 Å². The fourth-order valence-electron chi connectivity index (χ4n) is 0.263. The second kappa shape index (κ2) is 10.5. The van der Waals surface area contributed by atoms with Crippen LogP contribution in [-0.2, 0) is 4.74 Å². The molecule has 0 aliphatic rings. The van der Waals surface area contributed by atoms with Crippen molar-refractivity contribution in [1.82, 2.24) is 0 Å². The minimum atomic E-state index is 0. The van der Waals surface area contributed by atoms with Gasteiger partial charge in [-0.1, -0.05) is 20.4 Å². The average Bonchev–Trinajstić information content (AvgIpc) is 1.93. The normalized spacial score (nSPS) is 7.11. The van der Waals surface area contributed by atoms with Gasteiger partial charge in [0, 0.05) is 1.43 Å². The predicted molar refractivity (Wildman–Crippen MR) is 43.3 cm³/mol. The maximum atomic E-state index is 5.13. The summed E-state index contributed by atoms with van der Waals surface area (Å²) in [5.74, 6) is 0.655. The standard InChI is InChI=1S/C5H11NO.C2H6.H2/c1-3-7-5(2)4-6;1-2;/h2-4,6H2,1H3;1-2H3;1H. The summed E-state index contributed by atoms with van der Waals surface area (Å²) in [6.45, 7) is 10.5. The van der Waals surface area contributed by atoms with E-state index < -0.39 is 0 Å². The second-order valence-corrected chi connectivity index (χ2v) is 1.18. The van der Waals surface area contributed by atoms with Crippen LogP contribution in [0.2, 0.25) is 0 Å². The quantitative estimate of drug-likeness (QED) is 0.595. The van der Waals surface area contributed by atoms with Gasteiger partial charge in [-0.15, -0.1) is 0 Å². The van der Waals surface area contributed by atoms with Gasteiger partial charge in [-0.2, -0.15) is 0 Å². The topological polar surface area (TPSA) is 35.2 Å². The molecule has 0 aromatic heterocycles. The molecule has 0 unspecified atom stereocenters. The number of nitrogens with two attached hydrogens (primary N) is 1. The maximum Gasteiger partial charge on any atom is 0.102 e. The summed E-state index contributed by atoms with van der Waals surface area (Å²) in [4.78, 5) is 0. The van der Waals surface area contributed by atoms with Crippen LogP contribution in [0.25, 0.3) is 0 Å². The number of ether oxygens (including phenoxy) is 1. The summed E-state index contributed by atoms with van der Waals surface area (Å²) < 4.78 is 4.87. The lowest BCUT2D eigenvalue weighted by atomic mass is 10.6. The molecule has 0 spiro atoms. The molecule has 2 nitrogen and oxygen atoms in total. The molecule has 9 heavy (non-hydrogen) atoms. The van der Waals surface area contributed by atoms with E-state index in [0.717, 1.165) is 0 Å². The maximum absolute atomic E-state index is 5.13. The molecule has 0 atom stereocenters. The molecule has 2 heteroatoms. The second-order valence-electron chi connectivity index (χ2n) is 1.18. The molecule has 0 saturated heterocycles. The lowest BCUT2D eigenvalue weighted by Gasteiger charge is -2.00. The summed E-state index contributed by atoms with van der Waals surface area (Å²) in [7, 11) is 0. The molecule has 0 fully saturated rings. The number of hydrogen-bond donors (Lipinski definition) is 1. The average molecular weight is 133 g/mol. The molecular weight excluding hydrogens is 114 g/mol. The number of rotatable bonds is 3. The molecule has 58 valence electrons. The van der Waals surface area contributed by atoms with Crippen LogP contribution in [0.5, 0.6) is 0 Å². The zero-order valence-corrected chi connectivity index (χ0v) is 6.61. The van der Waals surface area contributed by atoms with Gasteiger partial charge in [0.05, 0.1) is 13.2 Å². The van der Waals surface area contributed by atoms with Gasteiger partial charge in [-0.25, -0.2) is 0 Å². The Balaban J connectivity index is -0.000000149. The third kappa shape index (κ3) is 11.2. The van der Waals surface area contributed by atoms with E-state index in [1.807, 2.05) is 20.8 Å². The highest BCUT2D eigenvalue weighted by Gasteiger charge is 1.82. The Bertz CT molecular complexity index is 66.6. The van der Waals surface area contributed by atoms with Crippen molar-refractivity contribution >= 4 is 0 Å². The third-order valence-corrected chi connectivity index (χ3v) is 0.576. The van der Waals surface area contributed by atoms with Gasteiger partial charge >= 0.3 is 0 Å². The first-order valence-corrected chi connectivity index (χ1v) is 3.32. The fourth-order valence-corrected chi connectivity index (χ4v) is 0.263. The van der Waals surface area contributed by atoms with Crippen molar-refractivity contribution in [1.29, 1.82) is 0 Å². The SMILES string of the molecule is C=C(CN)OCC.CC.[HH]. The van der Waals surface area contributed by atoms with Crippen molar-refractivity contribution in [2.24, 2.45) is 5.73 Å². The lowest BCUT2D eigenvalue weighted by molar-refractivity contribution is 0.228. The Morgan fingerprint density at radius 3 is 2.22 bits per heavy atom. The lowest BCUT2D eigenvalue weighted by Crippen LogP contribution is -2.04. The minimum absolute atomic E-state index is 0. The fraction of sp³-hybridized carbons (Fsp3) is 0.714. The van der Waals surface area contributed by atoms with Crippen LogP contribution in [0.3, 0.4) is 0 Å². The summed E-state index contributed by atoms with van der Waals surface area (Å²) in [5, 5.41) is 0. The monoisotopic (exact) mass is 133 g/mol. The predicted octanol–water partition coefficient (Wildman–Crippen LogP) is 1.77. The van der Waals surface area contributed by atoms with Crippen LogP contribution in [0.4, 0.5) is 0 Å². The molecular formula is C7H19NO. The van der Waals surface area contributed by atoms with E-state index in [-0.39, 0.29) is 1.43 Å². The van der Waals surface area contributed by atoms with Gasteiger partial charge in [0.25, 0.3) is 0 Å². The van der Waals surface area contributed by atoms with Crippen molar-refractivity contribution in [2.45, 2.75) is 20.8 Å². The molecule has 0 aromatic rings. The van der Waals surface area contributed by atoms with Gasteiger partial charge in [-0.05, 0) is 6.92 Å². The molecule has 0 bridgehead atoms. The van der Waals surface area contributed by atoms with Crippen molar-refractivity contribution in [3.8, 4) is 0 Å². The van der Waals surface area contributed by atoms with E-state index in [9.17, 15) is 0 Å². The van der Waals surface area contributed by atoms with Crippen LogP contribution in [0.15, 0.2) is 12.3 Å². The Labute approximate surface area is 59.2 Å². The van der Waals surface area contributed by atoms with Crippen LogP contribution in [0, 0.1) is 0 Å². The molecule has 0 radical (unpaired) electrons. The van der Waals surface area contributed by atoms with Gasteiger partial charge in [0.15, 0.2) is 0 Å². The Morgan fingerprint density at radius 2 is 2.11 bits per heavy atom. The highest BCUT2D eigenvalue weighted by atomic mass is 16.5. The van der Waals surface area contributed by atoms with E-state index >= 15 is 0 Å². The Hall–Kier alpha value is -0.500. The summed E-state index contributed by atoms with van der Waals surface area (Å²) in [6.07, 6.45) is 0. The summed E-state index contributed by atoms with van der Waals surface area (Å²) in [6, 6.07) is 0. The molecule has 0 saturated carbocycles. The van der Waals surface area contributed by atoms with Crippen molar-refractivity contribution in [3.05, 3.63) is 12.3 Å². The van der Waals surface area contributed by atoms with Crippen molar-refractivity contribution in [2.75, 3.05) is 13.2 Å². The van der Waals surface area contributed by atoms with E-state index in [4.69, 9.17) is 10.5 Å². The van der Waals surface area contributed by atoms with Crippen molar-refractivity contribution in [3.63, 3.8) is 0 Å². The molecule has 0 aromatic carbocycles. The zero-order chi connectivity index (χ0) is 7.70. The number of hydrogen-bond acceptors (Lipinski definition) is 2. The van der Waals surface area contributed by atoms with Crippen LogP contribution in [0.1, 0.15) is 22.2 Å². The van der Waals surface area contributed by atoms with Gasteiger partial charge in [0.2, 0.25) is 0 Å². The van der Waals surface area contributed by atoms with Gasteiger partial charge in [0.1, 0.15) is 5.76 Å². The molecule has 0 aliphatic heterocycles. The molecule has 0 heterocycles. The molecule has 0 rings (SSSR count). The van der Waals surface area contributed by atoms with E-state index in [1.165, 1.54) is 0 Å². The Morgan fingerprint density at radius 1 is 1.67 bits per heavy atom. The smallest absolute Gasteiger partial charge is 0.102 e. The first-order valence-electron chi connectivity index (χ1n) is 3.32. The zero-order valence-electron chi connectivity index (χ0n) is 6.61. The molecule has 0 aliphatic carbocycles. The minimum Gasteiger partial charge on any atom is -0.497 e. The van der Waals surface area contributed by atoms with E-state index in [2.05, 4.69) is 6.58 Å². The molecule has 2 N–H and O–H groups in total. The Kier molecular flexibility index (Phi) is 13.2. The van der Waals surface area contributed by atoms with Gasteiger partial charge in [-0.3, -0.25) is 0 Å². The highest BCUT2D eigenvalue weighted by Crippen LogP contribution is 1.85.